The van der Waals surface area contributed by atoms with Crippen LogP contribution in [-0.2, 0) is 6.42 Å². The van der Waals surface area contributed by atoms with Crippen molar-refractivity contribution in [3.05, 3.63) is 28.8 Å². The van der Waals surface area contributed by atoms with Crippen molar-refractivity contribution in [3.8, 4) is 0 Å². The van der Waals surface area contributed by atoms with Crippen molar-refractivity contribution in [1.82, 2.24) is 0 Å². The van der Waals surface area contributed by atoms with Crippen molar-refractivity contribution in [2.45, 2.75) is 59.5 Å². The van der Waals surface area contributed by atoms with Crippen LogP contribution in [0.2, 0.25) is 5.02 Å². The molecule has 1 aromatic rings. The van der Waals surface area contributed by atoms with Gasteiger partial charge in [-0.1, -0.05) is 45.4 Å². The smallest absolute Gasteiger partial charge is 0.0459 e. The Balaban J connectivity index is 2.92. The van der Waals surface area contributed by atoms with Crippen LogP contribution in [-0.4, -0.2) is 19.1 Å². The van der Waals surface area contributed by atoms with Crippen molar-refractivity contribution < 1.29 is 0 Å². The number of nitrogens with zero attached hydrogens (tertiary/aromatic N) is 1. The molecule has 1 aromatic carbocycles. The minimum atomic E-state index is 0.185. The summed E-state index contributed by atoms with van der Waals surface area (Å²) in [6, 6.07) is 6.93. The molecule has 1 rings (SSSR count). The molecule has 2 nitrogen and oxygen atoms in total. The second-order valence-electron chi connectivity index (χ2n) is 6.80. The van der Waals surface area contributed by atoms with Gasteiger partial charge in [-0.2, -0.15) is 0 Å². The lowest BCUT2D eigenvalue weighted by molar-refractivity contribution is 0.330. The maximum absolute atomic E-state index is 6.41. The maximum atomic E-state index is 6.41. The van der Waals surface area contributed by atoms with E-state index in [9.17, 15) is 0 Å². The first-order chi connectivity index (χ1) is 9.16. The number of hydrogen-bond acceptors (Lipinski definition) is 2. The molecule has 0 heterocycles. The molecular formula is C17H29ClN2. The fraction of sp³-hybridized carbons (Fsp3) is 0.647. The molecule has 3 heteroatoms. The summed E-state index contributed by atoms with van der Waals surface area (Å²) >= 11 is 6.41. The Hall–Kier alpha value is -0.730. The van der Waals surface area contributed by atoms with E-state index in [1.54, 1.807) is 0 Å². The Morgan fingerprint density at radius 2 is 1.90 bits per heavy atom. The first-order valence-electron chi connectivity index (χ1n) is 7.43. The summed E-state index contributed by atoms with van der Waals surface area (Å²) in [6.07, 6.45) is 1.81. The van der Waals surface area contributed by atoms with Crippen molar-refractivity contribution in [2.75, 3.05) is 11.9 Å². The summed E-state index contributed by atoms with van der Waals surface area (Å²) < 4.78 is 0. The van der Waals surface area contributed by atoms with Gasteiger partial charge < -0.3 is 10.6 Å². The van der Waals surface area contributed by atoms with E-state index in [1.165, 1.54) is 0 Å². The molecule has 0 saturated heterocycles. The maximum Gasteiger partial charge on any atom is 0.0459 e. The third-order valence-electron chi connectivity index (χ3n) is 4.28. The molecule has 0 aliphatic rings. The molecule has 0 amide bonds. The van der Waals surface area contributed by atoms with E-state index in [0.29, 0.717) is 6.04 Å². The third kappa shape index (κ3) is 4.39. The van der Waals surface area contributed by atoms with Gasteiger partial charge in [0, 0.05) is 29.8 Å². The van der Waals surface area contributed by atoms with Crippen LogP contribution < -0.4 is 10.6 Å². The van der Waals surface area contributed by atoms with Crippen LogP contribution >= 0.6 is 11.6 Å². The van der Waals surface area contributed by atoms with Crippen molar-refractivity contribution in [2.24, 2.45) is 11.1 Å². The number of halogens is 1. The Morgan fingerprint density at radius 3 is 2.35 bits per heavy atom. The molecule has 0 aliphatic heterocycles. The van der Waals surface area contributed by atoms with E-state index in [1.807, 2.05) is 0 Å². The largest absolute Gasteiger partial charge is 0.371 e. The van der Waals surface area contributed by atoms with Crippen LogP contribution in [0.4, 0.5) is 5.69 Å². The molecule has 20 heavy (non-hydrogen) atoms. The Bertz CT molecular complexity index is 437. The second kappa shape index (κ2) is 6.82. The zero-order chi connectivity index (χ0) is 15.5. The summed E-state index contributed by atoms with van der Waals surface area (Å²) in [6.45, 7) is 11.1. The zero-order valence-electron chi connectivity index (χ0n) is 13.7. The van der Waals surface area contributed by atoms with E-state index in [4.69, 9.17) is 17.3 Å². The highest BCUT2D eigenvalue weighted by molar-refractivity contribution is 6.31. The average molecular weight is 297 g/mol. The van der Waals surface area contributed by atoms with Gasteiger partial charge in [0.2, 0.25) is 0 Å². The molecule has 2 unspecified atom stereocenters. The molecule has 2 atom stereocenters. The quantitative estimate of drug-likeness (QED) is 0.867. The van der Waals surface area contributed by atoms with Gasteiger partial charge in [0.1, 0.15) is 0 Å². The molecule has 0 bridgehead atoms. The summed E-state index contributed by atoms with van der Waals surface area (Å²) in [5.41, 5.74) is 8.53. The lowest BCUT2D eigenvalue weighted by atomic mass is 9.87. The van der Waals surface area contributed by atoms with Gasteiger partial charge in [-0.3, -0.25) is 0 Å². The highest BCUT2D eigenvalue weighted by Gasteiger charge is 2.24. The molecule has 0 spiro atoms. The summed E-state index contributed by atoms with van der Waals surface area (Å²) in [4.78, 5) is 2.29. The van der Waals surface area contributed by atoms with Gasteiger partial charge in [-0.15, -0.1) is 0 Å². The van der Waals surface area contributed by atoms with Crippen LogP contribution in [0.3, 0.4) is 0 Å². The highest BCUT2D eigenvalue weighted by atomic mass is 35.5. The van der Waals surface area contributed by atoms with Gasteiger partial charge in [0.25, 0.3) is 0 Å². The van der Waals surface area contributed by atoms with Crippen LogP contribution in [0.5, 0.6) is 0 Å². The molecule has 0 radical (unpaired) electrons. The van der Waals surface area contributed by atoms with Crippen molar-refractivity contribution >= 4 is 17.3 Å². The lowest BCUT2D eigenvalue weighted by Gasteiger charge is -2.37. The summed E-state index contributed by atoms with van der Waals surface area (Å²) in [7, 11) is 2.12. The van der Waals surface area contributed by atoms with Gasteiger partial charge >= 0.3 is 0 Å². The first-order valence-corrected chi connectivity index (χ1v) is 7.81. The number of hydrogen-bond donors (Lipinski definition) is 1. The normalized spacial score (nSPS) is 15.0. The van der Waals surface area contributed by atoms with E-state index in [-0.39, 0.29) is 11.5 Å². The topological polar surface area (TPSA) is 29.3 Å². The summed E-state index contributed by atoms with van der Waals surface area (Å²) in [5.74, 6) is 0. The van der Waals surface area contributed by atoms with E-state index >= 15 is 0 Å². The molecule has 0 fully saturated rings. The number of nitrogens with two attached hydrogens (primary N) is 1. The number of benzene rings is 1. The van der Waals surface area contributed by atoms with E-state index < -0.39 is 0 Å². The monoisotopic (exact) mass is 296 g/mol. The molecule has 114 valence electrons. The van der Waals surface area contributed by atoms with Crippen LogP contribution in [0.1, 0.15) is 46.6 Å². The predicted octanol–water partition coefficient (Wildman–Crippen LogP) is 4.49. The van der Waals surface area contributed by atoms with Crippen LogP contribution in [0, 0.1) is 5.41 Å². The van der Waals surface area contributed by atoms with Gasteiger partial charge in [0.15, 0.2) is 0 Å². The zero-order valence-corrected chi connectivity index (χ0v) is 14.5. The fourth-order valence-corrected chi connectivity index (χ4v) is 2.40. The molecule has 0 aromatic heterocycles. The SMILES string of the molecule is CCC(N)Cc1ccc(N(C)C(C)C(C)(C)C)cc1Cl. The molecule has 0 aliphatic carbocycles. The van der Waals surface area contributed by atoms with Crippen molar-refractivity contribution in [3.63, 3.8) is 0 Å². The molecule has 0 saturated carbocycles. The minimum absolute atomic E-state index is 0.185. The van der Waals surface area contributed by atoms with Crippen LogP contribution in [0.15, 0.2) is 18.2 Å². The predicted molar refractivity (Wildman–Crippen MR) is 90.7 cm³/mol. The van der Waals surface area contributed by atoms with E-state index in [2.05, 4.69) is 64.8 Å². The highest BCUT2D eigenvalue weighted by Crippen LogP contribution is 2.30. The fourth-order valence-electron chi connectivity index (χ4n) is 2.15. The van der Waals surface area contributed by atoms with Crippen molar-refractivity contribution in [1.29, 1.82) is 0 Å². The molecule has 2 N–H and O–H groups in total. The number of anilines is 1. The summed E-state index contributed by atoms with van der Waals surface area (Å²) in [5, 5.41) is 0.819. The van der Waals surface area contributed by atoms with Gasteiger partial charge in [0.05, 0.1) is 0 Å². The third-order valence-corrected chi connectivity index (χ3v) is 4.64. The standard InChI is InChI=1S/C17H29ClN2/c1-7-14(19)10-13-8-9-15(11-16(13)18)20(6)12(2)17(3,4)5/h8-9,11-12,14H,7,10,19H2,1-6H3. The minimum Gasteiger partial charge on any atom is -0.371 e. The lowest BCUT2D eigenvalue weighted by Crippen LogP contribution is -2.39. The second-order valence-corrected chi connectivity index (χ2v) is 7.21. The van der Waals surface area contributed by atoms with Gasteiger partial charge in [-0.05, 0) is 42.9 Å². The Kier molecular flexibility index (Phi) is 5.91. The van der Waals surface area contributed by atoms with E-state index in [0.717, 1.165) is 29.1 Å². The average Bonchev–Trinajstić information content (AvgIpc) is 2.38. The first kappa shape index (κ1) is 17.3. The molecular weight excluding hydrogens is 268 g/mol. The van der Waals surface area contributed by atoms with Crippen LogP contribution in [0.25, 0.3) is 0 Å². The Labute approximate surface area is 129 Å². The number of rotatable bonds is 5. The Morgan fingerprint density at radius 1 is 1.30 bits per heavy atom. The van der Waals surface area contributed by atoms with Gasteiger partial charge in [-0.25, -0.2) is 0 Å².